The first-order valence-electron chi connectivity index (χ1n) is 10.6. The maximum Gasteiger partial charge on any atom is 0.240 e. The van der Waals surface area contributed by atoms with Crippen LogP contribution in [-0.2, 0) is 10.0 Å². The van der Waals surface area contributed by atoms with E-state index < -0.39 is 10.0 Å². The van der Waals surface area contributed by atoms with Gasteiger partial charge in [0, 0.05) is 30.9 Å². The van der Waals surface area contributed by atoms with Crippen molar-refractivity contribution in [2.24, 2.45) is 0 Å². The summed E-state index contributed by atoms with van der Waals surface area (Å²) in [6.07, 6.45) is 2.46. The average Bonchev–Trinajstić information content (AvgIpc) is 3.27. The van der Waals surface area contributed by atoms with E-state index in [0.29, 0.717) is 25.5 Å². The SMILES string of the molecule is Cc1ccc(S(=O)(=O)N[C@H]2CCN(c3nccc(-c4ccc5ccccc5c4)n3)C2)cc1. The van der Waals surface area contributed by atoms with Gasteiger partial charge in [-0.1, -0.05) is 54.1 Å². The predicted molar refractivity (Wildman–Crippen MR) is 127 cm³/mol. The maximum atomic E-state index is 12.7. The van der Waals surface area contributed by atoms with E-state index in [4.69, 9.17) is 4.98 Å². The highest BCUT2D eigenvalue weighted by Crippen LogP contribution is 2.25. The lowest BCUT2D eigenvalue weighted by Crippen LogP contribution is -2.37. The van der Waals surface area contributed by atoms with Crippen molar-refractivity contribution in [1.29, 1.82) is 0 Å². The van der Waals surface area contributed by atoms with E-state index >= 15 is 0 Å². The molecule has 0 saturated carbocycles. The minimum Gasteiger partial charge on any atom is -0.339 e. The Bertz CT molecular complexity index is 1370. The summed E-state index contributed by atoms with van der Waals surface area (Å²) in [5, 5.41) is 2.35. The van der Waals surface area contributed by atoms with Gasteiger partial charge in [0.05, 0.1) is 10.6 Å². The van der Waals surface area contributed by atoms with Crippen LogP contribution in [0.1, 0.15) is 12.0 Å². The van der Waals surface area contributed by atoms with Crippen molar-refractivity contribution < 1.29 is 8.42 Å². The number of fused-ring (bicyclic) bond motifs is 1. The highest BCUT2D eigenvalue weighted by Gasteiger charge is 2.28. The molecule has 0 aliphatic carbocycles. The number of hydrogen-bond donors (Lipinski definition) is 1. The van der Waals surface area contributed by atoms with E-state index in [1.165, 1.54) is 5.39 Å². The molecule has 0 amide bonds. The molecule has 0 bridgehead atoms. The Morgan fingerprint density at radius 2 is 1.75 bits per heavy atom. The predicted octanol–water partition coefficient (Wildman–Crippen LogP) is 4.16. The van der Waals surface area contributed by atoms with Crippen molar-refractivity contribution in [1.82, 2.24) is 14.7 Å². The smallest absolute Gasteiger partial charge is 0.240 e. The quantitative estimate of drug-likeness (QED) is 0.500. The first-order valence-corrected chi connectivity index (χ1v) is 12.1. The summed E-state index contributed by atoms with van der Waals surface area (Å²) in [6, 6.07) is 23.1. The molecule has 4 aromatic rings. The van der Waals surface area contributed by atoms with Gasteiger partial charge in [-0.15, -0.1) is 0 Å². The number of aromatic nitrogens is 2. The monoisotopic (exact) mass is 444 g/mol. The van der Waals surface area contributed by atoms with Gasteiger partial charge in [-0.25, -0.2) is 23.1 Å². The van der Waals surface area contributed by atoms with Crippen LogP contribution in [0.15, 0.2) is 83.9 Å². The number of nitrogens with one attached hydrogen (secondary N) is 1. The van der Waals surface area contributed by atoms with Crippen molar-refractivity contribution in [3.05, 3.63) is 84.6 Å². The maximum absolute atomic E-state index is 12.7. The molecule has 0 radical (unpaired) electrons. The van der Waals surface area contributed by atoms with Crippen LogP contribution in [0.25, 0.3) is 22.0 Å². The van der Waals surface area contributed by atoms with Crippen LogP contribution in [0, 0.1) is 6.92 Å². The number of rotatable bonds is 5. The van der Waals surface area contributed by atoms with Gasteiger partial charge in [0.2, 0.25) is 16.0 Å². The van der Waals surface area contributed by atoms with Crippen LogP contribution in [0.2, 0.25) is 0 Å². The van der Waals surface area contributed by atoms with Crippen LogP contribution in [0.4, 0.5) is 5.95 Å². The molecule has 1 aliphatic rings. The van der Waals surface area contributed by atoms with Gasteiger partial charge < -0.3 is 4.90 Å². The molecular weight excluding hydrogens is 420 g/mol. The lowest BCUT2D eigenvalue weighted by Gasteiger charge is -2.17. The molecule has 0 spiro atoms. The summed E-state index contributed by atoms with van der Waals surface area (Å²) in [5.41, 5.74) is 2.91. The summed E-state index contributed by atoms with van der Waals surface area (Å²) in [4.78, 5) is 11.5. The van der Waals surface area contributed by atoms with Crippen LogP contribution >= 0.6 is 0 Å². The Balaban J connectivity index is 1.32. The fraction of sp³-hybridized carbons (Fsp3) is 0.200. The van der Waals surface area contributed by atoms with Crippen molar-refractivity contribution in [3.63, 3.8) is 0 Å². The Morgan fingerprint density at radius 3 is 2.56 bits per heavy atom. The molecule has 1 saturated heterocycles. The third-order valence-corrected chi connectivity index (χ3v) is 7.35. The summed E-state index contributed by atoms with van der Waals surface area (Å²) in [6.45, 7) is 3.17. The lowest BCUT2D eigenvalue weighted by molar-refractivity contribution is 0.561. The lowest BCUT2D eigenvalue weighted by atomic mass is 10.1. The number of nitrogens with zero attached hydrogens (tertiary/aromatic N) is 3. The number of aryl methyl sites for hydroxylation is 1. The van der Waals surface area contributed by atoms with Gasteiger partial charge in [-0.2, -0.15) is 0 Å². The summed E-state index contributed by atoms with van der Waals surface area (Å²) >= 11 is 0. The fourth-order valence-corrected chi connectivity index (χ4v) is 5.31. The Morgan fingerprint density at radius 1 is 0.969 bits per heavy atom. The molecule has 162 valence electrons. The minimum atomic E-state index is -3.56. The molecule has 3 aromatic carbocycles. The zero-order chi connectivity index (χ0) is 22.1. The molecule has 5 rings (SSSR count). The molecule has 1 aliphatic heterocycles. The van der Waals surface area contributed by atoms with Gasteiger partial charge >= 0.3 is 0 Å². The van der Waals surface area contributed by atoms with Crippen molar-refractivity contribution in [2.45, 2.75) is 24.3 Å². The molecule has 2 heterocycles. The summed E-state index contributed by atoms with van der Waals surface area (Å²) < 4.78 is 28.3. The topological polar surface area (TPSA) is 75.2 Å². The normalized spacial score (nSPS) is 16.5. The van der Waals surface area contributed by atoms with E-state index in [2.05, 4.69) is 40.0 Å². The zero-order valence-electron chi connectivity index (χ0n) is 17.8. The standard InChI is InChI=1S/C25H24N4O2S/c1-18-6-10-23(11-7-18)32(30,31)28-22-13-15-29(17-22)25-26-14-12-24(27-25)21-9-8-19-4-2-3-5-20(19)16-21/h2-12,14,16,22,28H,13,15,17H2,1H3/t22-/m0/s1. The highest BCUT2D eigenvalue weighted by molar-refractivity contribution is 7.89. The van der Waals surface area contributed by atoms with E-state index in [-0.39, 0.29) is 10.9 Å². The molecular formula is C25H24N4O2S. The van der Waals surface area contributed by atoms with Crippen LogP contribution in [0.5, 0.6) is 0 Å². The van der Waals surface area contributed by atoms with E-state index in [0.717, 1.165) is 22.2 Å². The second-order valence-electron chi connectivity index (χ2n) is 8.17. The third kappa shape index (κ3) is 4.22. The van der Waals surface area contributed by atoms with Crippen LogP contribution < -0.4 is 9.62 Å². The zero-order valence-corrected chi connectivity index (χ0v) is 18.6. The summed E-state index contributed by atoms with van der Waals surface area (Å²) in [5.74, 6) is 0.618. The van der Waals surface area contributed by atoms with Gasteiger partial charge in [0.25, 0.3) is 0 Å². The molecule has 7 heteroatoms. The minimum absolute atomic E-state index is 0.186. The number of anilines is 1. The van der Waals surface area contributed by atoms with E-state index in [9.17, 15) is 8.42 Å². The molecule has 1 aromatic heterocycles. The van der Waals surface area contributed by atoms with Crippen LogP contribution in [-0.4, -0.2) is 37.5 Å². The molecule has 1 N–H and O–H groups in total. The second-order valence-corrected chi connectivity index (χ2v) is 9.88. The van der Waals surface area contributed by atoms with Gasteiger partial charge in [0.15, 0.2) is 0 Å². The highest BCUT2D eigenvalue weighted by atomic mass is 32.2. The van der Waals surface area contributed by atoms with Crippen molar-refractivity contribution >= 4 is 26.7 Å². The number of sulfonamides is 1. The van der Waals surface area contributed by atoms with Gasteiger partial charge in [0.1, 0.15) is 0 Å². The molecule has 32 heavy (non-hydrogen) atoms. The Labute approximate surface area is 188 Å². The van der Waals surface area contributed by atoms with E-state index in [1.807, 2.05) is 42.2 Å². The van der Waals surface area contributed by atoms with Crippen molar-refractivity contribution in [2.75, 3.05) is 18.0 Å². The summed E-state index contributed by atoms with van der Waals surface area (Å²) in [7, 11) is -3.56. The molecule has 0 unspecified atom stereocenters. The molecule has 6 nitrogen and oxygen atoms in total. The van der Waals surface area contributed by atoms with Crippen LogP contribution in [0.3, 0.4) is 0 Å². The second kappa shape index (κ2) is 8.33. The third-order valence-electron chi connectivity index (χ3n) is 5.81. The first kappa shape index (κ1) is 20.6. The van der Waals surface area contributed by atoms with Crippen molar-refractivity contribution in [3.8, 4) is 11.3 Å². The number of hydrogen-bond acceptors (Lipinski definition) is 5. The molecule has 1 fully saturated rings. The van der Waals surface area contributed by atoms with E-state index in [1.54, 1.807) is 18.3 Å². The average molecular weight is 445 g/mol. The van der Waals surface area contributed by atoms with Gasteiger partial charge in [-0.05, 0) is 48.4 Å². The Kier molecular flexibility index (Phi) is 5.36. The fourth-order valence-electron chi connectivity index (χ4n) is 4.05. The Hall–Kier alpha value is -3.29. The largest absolute Gasteiger partial charge is 0.339 e. The number of benzene rings is 3. The molecule has 1 atom stereocenters. The van der Waals surface area contributed by atoms with Gasteiger partial charge in [-0.3, -0.25) is 0 Å². The first-order chi connectivity index (χ1) is 15.5.